The molecule has 1 aromatic rings. The van der Waals surface area contributed by atoms with Crippen LogP contribution in [0.4, 0.5) is 0 Å². The van der Waals surface area contributed by atoms with Crippen LogP contribution in [0, 0.1) is 5.41 Å². The largest absolute Gasteiger partial charge is 0.494 e. The Kier molecular flexibility index (Phi) is 7.08. The summed E-state index contributed by atoms with van der Waals surface area (Å²) in [6.07, 6.45) is 5.67. The Morgan fingerprint density at radius 1 is 1.10 bits per heavy atom. The highest BCUT2D eigenvalue weighted by molar-refractivity contribution is 5.27. The Morgan fingerprint density at radius 2 is 1.75 bits per heavy atom. The molecule has 1 rings (SSSR count). The minimum Gasteiger partial charge on any atom is -0.494 e. The average Bonchev–Trinajstić information content (AvgIpc) is 2.41. The fourth-order valence-electron chi connectivity index (χ4n) is 2.05. The summed E-state index contributed by atoms with van der Waals surface area (Å²) in [6.45, 7) is 9.62. The van der Waals surface area contributed by atoms with Gasteiger partial charge in [0.2, 0.25) is 0 Å². The van der Waals surface area contributed by atoms with Gasteiger partial charge in [-0.05, 0) is 42.4 Å². The van der Waals surface area contributed by atoms with Crippen LogP contribution in [0.2, 0.25) is 0 Å². The van der Waals surface area contributed by atoms with Gasteiger partial charge in [-0.2, -0.15) is 0 Å². The maximum atomic E-state index is 6.20. The fraction of sp³-hybridized carbons (Fsp3) is 0.667. The van der Waals surface area contributed by atoms with Crippen LogP contribution in [0.25, 0.3) is 0 Å². The van der Waals surface area contributed by atoms with Gasteiger partial charge in [0.1, 0.15) is 5.75 Å². The minimum atomic E-state index is 0.183. The number of nitrogens with two attached hydrogens (primary N) is 1. The first-order valence-corrected chi connectivity index (χ1v) is 7.91. The van der Waals surface area contributed by atoms with Crippen LogP contribution >= 0.6 is 0 Å². The van der Waals surface area contributed by atoms with Crippen molar-refractivity contribution in [2.24, 2.45) is 11.1 Å². The van der Waals surface area contributed by atoms with Crippen LogP contribution in [-0.2, 0) is 6.42 Å². The molecular weight excluding hydrogens is 246 g/mol. The molecule has 0 aromatic heterocycles. The summed E-state index contributed by atoms with van der Waals surface area (Å²) < 4.78 is 5.72. The normalized spacial score (nSPS) is 13.2. The number of unbranched alkanes of at least 4 members (excludes halogenated alkanes) is 2. The van der Waals surface area contributed by atoms with Crippen molar-refractivity contribution in [3.05, 3.63) is 29.8 Å². The molecule has 1 atom stereocenters. The van der Waals surface area contributed by atoms with E-state index in [9.17, 15) is 0 Å². The van der Waals surface area contributed by atoms with Gasteiger partial charge in [-0.1, -0.05) is 52.7 Å². The number of benzene rings is 1. The lowest BCUT2D eigenvalue weighted by Gasteiger charge is -2.27. The van der Waals surface area contributed by atoms with Crippen molar-refractivity contribution in [2.75, 3.05) is 6.61 Å². The number of aryl methyl sites for hydroxylation is 1. The third kappa shape index (κ3) is 6.42. The molecule has 0 spiro atoms. The number of hydrogen-bond donors (Lipinski definition) is 1. The third-order valence-electron chi connectivity index (χ3n) is 3.80. The van der Waals surface area contributed by atoms with Crippen molar-refractivity contribution in [3.63, 3.8) is 0 Å². The van der Waals surface area contributed by atoms with Crippen LogP contribution in [-0.4, -0.2) is 12.6 Å². The maximum Gasteiger partial charge on any atom is 0.119 e. The van der Waals surface area contributed by atoms with Crippen LogP contribution in [0.3, 0.4) is 0 Å². The monoisotopic (exact) mass is 277 g/mol. The van der Waals surface area contributed by atoms with Crippen LogP contribution in [0.1, 0.15) is 58.9 Å². The molecule has 0 aliphatic rings. The molecule has 0 aliphatic heterocycles. The summed E-state index contributed by atoms with van der Waals surface area (Å²) in [5.74, 6) is 0.977. The van der Waals surface area contributed by atoms with Gasteiger partial charge >= 0.3 is 0 Å². The molecule has 1 aromatic carbocycles. The lowest BCUT2D eigenvalue weighted by Crippen LogP contribution is -2.35. The summed E-state index contributed by atoms with van der Waals surface area (Å²) in [5, 5.41) is 0. The van der Waals surface area contributed by atoms with Crippen molar-refractivity contribution < 1.29 is 4.74 Å². The van der Waals surface area contributed by atoms with Gasteiger partial charge in [-0.15, -0.1) is 0 Å². The topological polar surface area (TPSA) is 35.2 Å². The zero-order valence-corrected chi connectivity index (χ0v) is 13.6. The second-order valence-corrected chi connectivity index (χ2v) is 6.71. The SMILES string of the molecule is CCCCCOc1ccc(CCC(N)C(C)(C)C)cc1. The van der Waals surface area contributed by atoms with Crippen LogP contribution < -0.4 is 10.5 Å². The molecule has 2 heteroatoms. The summed E-state index contributed by atoms with van der Waals surface area (Å²) in [5.41, 5.74) is 7.72. The highest BCUT2D eigenvalue weighted by atomic mass is 16.5. The molecule has 20 heavy (non-hydrogen) atoms. The molecule has 1 unspecified atom stereocenters. The van der Waals surface area contributed by atoms with Crippen molar-refractivity contribution in [2.45, 2.75) is 65.8 Å². The number of rotatable bonds is 8. The lowest BCUT2D eigenvalue weighted by atomic mass is 9.84. The molecule has 0 saturated carbocycles. The van der Waals surface area contributed by atoms with Crippen LogP contribution in [0.15, 0.2) is 24.3 Å². The van der Waals surface area contributed by atoms with E-state index >= 15 is 0 Å². The van der Waals surface area contributed by atoms with Gasteiger partial charge in [-0.3, -0.25) is 0 Å². The van der Waals surface area contributed by atoms with Gasteiger partial charge in [0.15, 0.2) is 0 Å². The van der Waals surface area contributed by atoms with Crippen molar-refractivity contribution >= 4 is 0 Å². The van der Waals surface area contributed by atoms with Crippen molar-refractivity contribution in [3.8, 4) is 5.75 Å². The van der Waals surface area contributed by atoms with E-state index in [0.717, 1.165) is 31.6 Å². The summed E-state index contributed by atoms with van der Waals surface area (Å²) in [7, 11) is 0. The predicted octanol–water partition coefficient (Wildman–Crippen LogP) is 4.56. The molecule has 0 saturated heterocycles. The minimum absolute atomic E-state index is 0.183. The highest BCUT2D eigenvalue weighted by Crippen LogP contribution is 2.22. The molecular formula is C18H31NO. The molecule has 0 fully saturated rings. The standard InChI is InChI=1S/C18H31NO/c1-5-6-7-14-20-16-11-8-15(9-12-16)10-13-17(19)18(2,3)4/h8-9,11-12,17H,5-7,10,13-14,19H2,1-4H3. The van der Waals surface area contributed by atoms with Gasteiger partial charge in [0.25, 0.3) is 0 Å². The highest BCUT2D eigenvalue weighted by Gasteiger charge is 2.19. The van der Waals surface area contributed by atoms with E-state index in [1.165, 1.54) is 18.4 Å². The van der Waals surface area contributed by atoms with E-state index in [1.807, 2.05) is 0 Å². The van der Waals surface area contributed by atoms with E-state index in [4.69, 9.17) is 10.5 Å². The first-order chi connectivity index (χ1) is 9.43. The van der Waals surface area contributed by atoms with E-state index in [2.05, 4.69) is 52.0 Å². The van der Waals surface area contributed by atoms with Gasteiger partial charge in [0, 0.05) is 6.04 Å². The quantitative estimate of drug-likeness (QED) is 0.707. The van der Waals surface area contributed by atoms with Gasteiger partial charge < -0.3 is 10.5 Å². The van der Waals surface area contributed by atoms with E-state index in [-0.39, 0.29) is 11.5 Å². The molecule has 0 bridgehead atoms. The smallest absolute Gasteiger partial charge is 0.119 e. The second-order valence-electron chi connectivity index (χ2n) is 6.71. The van der Waals surface area contributed by atoms with Gasteiger partial charge in [-0.25, -0.2) is 0 Å². The van der Waals surface area contributed by atoms with Gasteiger partial charge in [0.05, 0.1) is 6.61 Å². The van der Waals surface area contributed by atoms with E-state index in [1.54, 1.807) is 0 Å². The lowest BCUT2D eigenvalue weighted by molar-refractivity contribution is 0.304. The average molecular weight is 277 g/mol. The van der Waals surface area contributed by atoms with E-state index < -0.39 is 0 Å². The summed E-state index contributed by atoms with van der Waals surface area (Å²) >= 11 is 0. The zero-order chi connectivity index (χ0) is 15.0. The number of hydrogen-bond acceptors (Lipinski definition) is 2. The first kappa shape index (κ1) is 17.0. The zero-order valence-electron chi connectivity index (χ0n) is 13.6. The number of ether oxygens (including phenoxy) is 1. The van der Waals surface area contributed by atoms with Crippen molar-refractivity contribution in [1.29, 1.82) is 0 Å². The molecule has 0 radical (unpaired) electrons. The molecule has 2 nitrogen and oxygen atoms in total. The Morgan fingerprint density at radius 3 is 2.30 bits per heavy atom. The van der Waals surface area contributed by atoms with Crippen molar-refractivity contribution in [1.82, 2.24) is 0 Å². The Bertz CT molecular complexity index is 364. The molecule has 0 amide bonds. The van der Waals surface area contributed by atoms with E-state index in [0.29, 0.717) is 0 Å². The fourth-order valence-corrected chi connectivity index (χ4v) is 2.05. The third-order valence-corrected chi connectivity index (χ3v) is 3.80. The molecule has 0 heterocycles. The molecule has 0 aliphatic carbocycles. The Balaban J connectivity index is 2.35. The Hall–Kier alpha value is -1.02. The van der Waals surface area contributed by atoms with Crippen LogP contribution in [0.5, 0.6) is 5.75 Å². The maximum absolute atomic E-state index is 6.20. The Labute approximate surface area is 124 Å². The molecule has 114 valence electrons. The predicted molar refractivity (Wildman–Crippen MR) is 87.2 cm³/mol. The second kappa shape index (κ2) is 8.31. The first-order valence-electron chi connectivity index (χ1n) is 7.91. The molecule has 2 N–H and O–H groups in total. The summed E-state index contributed by atoms with van der Waals surface area (Å²) in [4.78, 5) is 0. The summed E-state index contributed by atoms with van der Waals surface area (Å²) in [6, 6.07) is 8.70.